The van der Waals surface area contributed by atoms with Gasteiger partial charge in [-0.15, -0.1) is 0 Å². The predicted octanol–water partition coefficient (Wildman–Crippen LogP) is 4.98. The first-order valence-corrected chi connectivity index (χ1v) is 12.5. The van der Waals surface area contributed by atoms with Gasteiger partial charge in [-0.2, -0.15) is 8.78 Å². The highest BCUT2D eigenvalue weighted by molar-refractivity contribution is 5.86. The summed E-state index contributed by atoms with van der Waals surface area (Å²) < 4.78 is 33.3. The Balaban J connectivity index is 1.82. The Bertz CT molecular complexity index is 845. The van der Waals surface area contributed by atoms with Crippen LogP contribution in [0, 0.1) is 5.92 Å². The van der Waals surface area contributed by atoms with Crippen molar-refractivity contribution in [3.05, 3.63) is 47.5 Å². The van der Waals surface area contributed by atoms with Gasteiger partial charge in [0.25, 0.3) is 5.91 Å². The van der Waals surface area contributed by atoms with Crippen LogP contribution in [0.2, 0.25) is 0 Å². The Morgan fingerprint density at radius 2 is 1.94 bits per heavy atom. The standard InChI is InChI=1S/C27H39F2NO5/c1-20(9-7-10-21-11-8-12-22(17-21)19-35-2)24(31)15-14-23-18-27(28,29)26(34)30(23)16-6-4-3-5-13-25(32)33/h8,11-12,14-15,17,20,23-24,31H,3-7,9-10,13,16,18-19H2,1-2H3,(H,32,33)/t20-,23-,24-/m0/s1. The quantitative estimate of drug-likeness (QED) is 0.250. The summed E-state index contributed by atoms with van der Waals surface area (Å²) in [6.45, 7) is 2.70. The smallest absolute Gasteiger partial charge is 0.327 e. The molecule has 0 spiro atoms. The highest BCUT2D eigenvalue weighted by Gasteiger charge is 2.52. The molecule has 1 aliphatic heterocycles. The van der Waals surface area contributed by atoms with Crippen LogP contribution in [0.15, 0.2) is 36.4 Å². The van der Waals surface area contributed by atoms with E-state index in [2.05, 4.69) is 12.1 Å². The summed E-state index contributed by atoms with van der Waals surface area (Å²) in [5.41, 5.74) is 2.33. The number of rotatable bonds is 16. The number of amides is 1. The summed E-state index contributed by atoms with van der Waals surface area (Å²) in [6.07, 6.45) is 6.77. The monoisotopic (exact) mass is 495 g/mol. The number of hydrogen-bond acceptors (Lipinski definition) is 4. The first kappa shape index (κ1) is 28.9. The van der Waals surface area contributed by atoms with Gasteiger partial charge in [-0.25, -0.2) is 0 Å². The molecule has 196 valence electrons. The Morgan fingerprint density at radius 3 is 2.66 bits per heavy atom. The lowest BCUT2D eigenvalue weighted by Gasteiger charge is -2.22. The van der Waals surface area contributed by atoms with Gasteiger partial charge in [-0.3, -0.25) is 9.59 Å². The number of ether oxygens (including phenoxy) is 1. The maximum Gasteiger partial charge on any atom is 0.327 e. The van der Waals surface area contributed by atoms with Crippen molar-refractivity contribution in [3.63, 3.8) is 0 Å². The number of benzene rings is 1. The molecule has 1 aromatic carbocycles. The maximum absolute atomic E-state index is 14.1. The third-order valence-electron chi connectivity index (χ3n) is 6.52. The minimum atomic E-state index is -3.40. The zero-order chi connectivity index (χ0) is 25.8. The molecule has 0 saturated carbocycles. The summed E-state index contributed by atoms with van der Waals surface area (Å²) in [6, 6.07) is 7.46. The van der Waals surface area contributed by atoms with E-state index in [4.69, 9.17) is 9.84 Å². The second-order valence-corrected chi connectivity index (χ2v) is 9.53. The molecule has 6 nitrogen and oxygen atoms in total. The normalized spacial score (nSPS) is 19.4. The van der Waals surface area contributed by atoms with Crippen molar-refractivity contribution < 1.29 is 33.3 Å². The van der Waals surface area contributed by atoms with E-state index in [1.807, 2.05) is 19.1 Å². The lowest BCUT2D eigenvalue weighted by Crippen LogP contribution is -2.36. The van der Waals surface area contributed by atoms with Crippen molar-refractivity contribution >= 4 is 11.9 Å². The molecule has 1 amide bonds. The summed E-state index contributed by atoms with van der Waals surface area (Å²) >= 11 is 0. The van der Waals surface area contributed by atoms with Crippen molar-refractivity contribution in [2.75, 3.05) is 13.7 Å². The van der Waals surface area contributed by atoms with Crippen LogP contribution in [0.1, 0.15) is 69.4 Å². The average molecular weight is 496 g/mol. The van der Waals surface area contributed by atoms with Gasteiger partial charge in [-0.1, -0.05) is 56.2 Å². The van der Waals surface area contributed by atoms with Crippen LogP contribution in [0.4, 0.5) is 8.78 Å². The van der Waals surface area contributed by atoms with Crippen molar-refractivity contribution in [2.24, 2.45) is 5.92 Å². The van der Waals surface area contributed by atoms with Gasteiger partial charge in [0.15, 0.2) is 0 Å². The van der Waals surface area contributed by atoms with E-state index >= 15 is 0 Å². The third-order valence-corrected chi connectivity index (χ3v) is 6.52. The van der Waals surface area contributed by atoms with Gasteiger partial charge in [0.05, 0.1) is 18.8 Å². The van der Waals surface area contributed by atoms with Crippen LogP contribution >= 0.6 is 0 Å². The number of aryl methyl sites for hydroxylation is 1. The van der Waals surface area contributed by atoms with E-state index in [1.54, 1.807) is 19.3 Å². The van der Waals surface area contributed by atoms with Gasteiger partial charge in [0, 0.05) is 26.5 Å². The lowest BCUT2D eigenvalue weighted by atomic mass is 9.95. The van der Waals surface area contributed by atoms with E-state index in [1.165, 1.54) is 10.5 Å². The van der Waals surface area contributed by atoms with Gasteiger partial charge >= 0.3 is 11.9 Å². The Kier molecular flexibility index (Phi) is 11.8. The molecule has 35 heavy (non-hydrogen) atoms. The molecule has 8 heteroatoms. The molecule has 1 heterocycles. The van der Waals surface area contributed by atoms with Crippen molar-refractivity contribution in [1.29, 1.82) is 0 Å². The largest absolute Gasteiger partial charge is 0.481 e. The zero-order valence-electron chi connectivity index (χ0n) is 20.8. The number of halogens is 2. The van der Waals surface area contributed by atoms with Crippen LogP contribution in [-0.4, -0.2) is 58.7 Å². The number of aliphatic hydroxyl groups excluding tert-OH is 1. The number of carboxylic acids is 1. The molecule has 2 N–H and O–H groups in total. The van der Waals surface area contributed by atoms with Gasteiger partial charge in [0.2, 0.25) is 0 Å². The van der Waals surface area contributed by atoms with Crippen molar-refractivity contribution in [1.82, 2.24) is 4.90 Å². The lowest BCUT2D eigenvalue weighted by molar-refractivity contribution is -0.148. The molecule has 1 fully saturated rings. The Morgan fingerprint density at radius 1 is 1.23 bits per heavy atom. The predicted molar refractivity (Wildman–Crippen MR) is 130 cm³/mol. The van der Waals surface area contributed by atoms with Gasteiger partial charge in [0.1, 0.15) is 0 Å². The number of carbonyl (C=O) groups excluding carboxylic acids is 1. The number of nitrogens with zero attached hydrogens (tertiary/aromatic N) is 1. The minimum absolute atomic E-state index is 0.0475. The summed E-state index contributed by atoms with van der Waals surface area (Å²) in [4.78, 5) is 23.9. The number of likely N-dealkylation sites (tertiary alicyclic amines) is 1. The van der Waals surface area contributed by atoms with Crippen LogP contribution in [0.5, 0.6) is 0 Å². The molecule has 3 atom stereocenters. The number of hydrogen-bond donors (Lipinski definition) is 2. The second-order valence-electron chi connectivity index (χ2n) is 9.53. The molecule has 0 unspecified atom stereocenters. The fourth-order valence-electron chi connectivity index (χ4n) is 4.44. The molecule has 1 aromatic rings. The highest BCUT2D eigenvalue weighted by atomic mass is 19.3. The van der Waals surface area contributed by atoms with Gasteiger partial charge < -0.3 is 19.8 Å². The van der Waals surface area contributed by atoms with Crippen molar-refractivity contribution in [2.45, 2.75) is 89.4 Å². The fourth-order valence-corrected chi connectivity index (χ4v) is 4.44. The molecule has 0 aromatic heterocycles. The van der Waals surface area contributed by atoms with Crippen LogP contribution in [-0.2, 0) is 27.4 Å². The minimum Gasteiger partial charge on any atom is -0.481 e. The van der Waals surface area contributed by atoms with E-state index in [0.717, 1.165) is 24.8 Å². The molecule has 1 aliphatic rings. The van der Waals surface area contributed by atoms with Crippen LogP contribution in [0.25, 0.3) is 0 Å². The topological polar surface area (TPSA) is 87.1 Å². The number of carbonyl (C=O) groups is 2. The molecule has 1 saturated heterocycles. The SMILES string of the molecule is COCc1cccc(CCC[C@H](C)[C@@H](O)C=C[C@H]2CC(F)(F)C(=O)N2CCCCCCC(=O)O)c1. The number of unbranched alkanes of at least 4 members (excludes halogenated alkanes) is 3. The number of aliphatic carboxylic acids is 1. The number of methoxy groups -OCH3 is 1. The van der Waals surface area contributed by atoms with Gasteiger partial charge in [-0.05, 0) is 49.1 Å². The number of aliphatic hydroxyl groups is 1. The Labute approximate surface area is 207 Å². The molecule has 0 bridgehead atoms. The van der Waals surface area contributed by atoms with E-state index in [0.29, 0.717) is 32.3 Å². The first-order valence-electron chi connectivity index (χ1n) is 12.5. The van der Waals surface area contributed by atoms with Crippen molar-refractivity contribution in [3.8, 4) is 0 Å². The molecular formula is C27H39F2NO5. The summed E-state index contributed by atoms with van der Waals surface area (Å²) in [5.74, 6) is -5.47. The molecular weight excluding hydrogens is 456 g/mol. The van der Waals surface area contributed by atoms with E-state index in [-0.39, 0.29) is 18.9 Å². The maximum atomic E-state index is 14.1. The first-order chi connectivity index (χ1) is 16.6. The fraction of sp³-hybridized carbons (Fsp3) is 0.630. The summed E-state index contributed by atoms with van der Waals surface area (Å²) in [5, 5.41) is 19.2. The number of alkyl halides is 2. The highest BCUT2D eigenvalue weighted by Crippen LogP contribution is 2.34. The van der Waals surface area contributed by atoms with E-state index in [9.17, 15) is 23.5 Å². The Hall–Kier alpha value is -2.32. The number of carboxylic acid groups (broad SMARTS) is 1. The molecule has 0 aliphatic carbocycles. The van der Waals surface area contributed by atoms with Crippen LogP contribution < -0.4 is 0 Å². The molecule has 2 rings (SSSR count). The van der Waals surface area contributed by atoms with E-state index < -0.39 is 36.4 Å². The summed E-state index contributed by atoms with van der Waals surface area (Å²) in [7, 11) is 1.66. The average Bonchev–Trinajstić information content (AvgIpc) is 3.02. The zero-order valence-corrected chi connectivity index (χ0v) is 20.8. The second kappa shape index (κ2) is 14.3. The van der Waals surface area contributed by atoms with Crippen LogP contribution in [0.3, 0.4) is 0 Å². The molecule has 0 radical (unpaired) electrons. The third kappa shape index (κ3) is 9.68.